The van der Waals surface area contributed by atoms with Crippen LogP contribution in [0.2, 0.25) is 0 Å². The number of aliphatic hydroxyl groups excluding tert-OH is 1. The Morgan fingerprint density at radius 2 is 1.92 bits per heavy atom. The number of benzene rings is 1. The van der Waals surface area contributed by atoms with Crippen LogP contribution in [-0.4, -0.2) is 72.9 Å². The number of aliphatic hydroxyl groups is 1. The van der Waals surface area contributed by atoms with Gasteiger partial charge in [0.2, 0.25) is 0 Å². The van der Waals surface area contributed by atoms with E-state index in [9.17, 15) is 13.5 Å². The Kier molecular flexibility index (Phi) is 7.39. The third kappa shape index (κ3) is 5.49. The van der Waals surface area contributed by atoms with Gasteiger partial charge in [-0.15, -0.1) is 0 Å². The molecule has 1 heterocycles. The number of hydrogen-bond acceptors (Lipinski definition) is 4. The quantitative estimate of drug-likeness (QED) is 0.752. The van der Waals surface area contributed by atoms with E-state index in [1.807, 2.05) is 30.3 Å². The van der Waals surface area contributed by atoms with E-state index < -0.39 is 10.2 Å². The summed E-state index contributed by atoms with van der Waals surface area (Å²) >= 11 is 0. The summed E-state index contributed by atoms with van der Waals surface area (Å²) in [6, 6.07) is 9.68. The summed E-state index contributed by atoms with van der Waals surface area (Å²) in [6.07, 6.45) is 0.598. The normalized spacial score (nSPS) is 20.5. The molecule has 25 heavy (non-hydrogen) atoms. The molecule has 1 aromatic carbocycles. The molecule has 7 heteroatoms. The average molecular weight is 370 g/mol. The number of rotatable bonds is 8. The standard InChI is InChI=1S/C18H31N3O3S/c1-16(2)13-20-10-11-21(15-18(20)9-12-22)25(23,24)19(3)14-17-7-5-4-6-8-17/h4-8,16,18,22H,9-15H2,1-3H3. The third-order valence-electron chi connectivity index (χ3n) is 4.60. The van der Waals surface area contributed by atoms with Crippen molar-refractivity contribution < 1.29 is 13.5 Å². The molecule has 1 aromatic rings. The molecule has 0 bridgehead atoms. The highest BCUT2D eigenvalue weighted by molar-refractivity contribution is 7.86. The maximum absolute atomic E-state index is 12.9. The highest BCUT2D eigenvalue weighted by Gasteiger charge is 2.35. The van der Waals surface area contributed by atoms with E-state index in [1.165, 1.54) is 4.31 Å². The van der Waals surface area contributed by atoms with Gasteiger partial charge >= 0.3 is 0 Å². The van der Waals surface area contributed by atoms with E-state index in [0.717, 1.165) is 12.1 Å². The maximum atomic E-state index is 12.9. The number of hydrogen-bond donors (Lipinski definition) is 1. The molecule has 1 saturated heterocycles. The van der Waals surface area contributed by atoms with Crippen LogP contribution in [0.3, 0.4) is 0 Å². The lowest BCUT2D eigenvalue weighted by molar-refractivity contribution is 0.0828. The summed E-state index contributed by atoms with van der Waals surface area (Å²) in [4.78, 5) is 2.31. The van der Waals surface area contributed by atoms with Crippen LogP contribution in [0.5, 0.6) is 0 Å². The van der Waals surface area contributed by atoms with Gasteiger partial charge in [0.15, 0.2) is 0 Å². The van der Waals surface area contributed by atoms with Crippen molar-refractivity contribution in [2.45, 2.75) is 32.9 Å². The van der Waals surface area contributed by atoms with Gasteiger partial charge in [0.1, 0.15) is 0 Å². The van der Waals surface area contributed by atoms with Gasteiger partial charge in [0.05, 0.1) is 0 Å². The Morgan fingerprint density at radius 1 is 1.24 bits per heavy atom. The molecule has 2 rings (SSSR count). The second-order valence-electron chi connectivity index (χ2n) is 7.16. The molecule has 0 amide bonds. The van der Waals surface area contributed by atoms with Crippen molar-refractivity contribution in [1.29, 1.82) is 0 Å². The van der Waals surface area contributed by atoms with Crippen LogP contribution < -0.4 is 0 Å². The molecule has 1 aliphatic rings. The van der Waals surface area contributed by atoms with E-state index in [4.69, 9.17) is 0 Å². The van der Waals surface area contributed by atoms with Gasteiger partial charge in [-0.25, -0.2) is 0 Å². The molecular weight excluding hydrogens is 338 g/mol. The molecule has 1 atom stereocenters. The summed E-state index contributed by atoms with van der Waals surface area (Å²) < 4.78 is 28.9. The maximum Gasteiger partial charge on any atom is 0.282 e. The first kappa shape index (κ1) is 20.3. The zero-order valence-electron chi connectivity index (χ0n) is 15.5. The smallest absolute Gasteiger partial charge is 0.282 e. The van der Waals surface area contributed by atoms with E-state index in [-0.39, 0.29) is 12.6 Å². The first-order chi connectivity index (χ1) is 11.8. The third-order valence-corrected chi connectivity index (χ3v) is 6.50. The van der Waals surface area contributed by atoms with Gasteiger partial charge in [0, 0.05) is 52.4 Å². The molecule has 0 aromatic heterocycles. The second kappa shape index (κ2) is 9.09. The molecule has 1 unspecified atom stereocenters. The van der Waals surface area contributed by atoms with Crippen molar-refractivity contribution in [3.63, 3.8) is 0 Å². The Balaban J connectivity index is 2.06. The molecule has 0 saturated carbocycles. The highest BCUT2D eigenvalue weighted by Crippen LogP contribution is 2.20. The van der Waals surface area contributed by atoms with E-state index in [2.05, 4.69) is 18.7 Å². The SMILES string of the molecule is CC(C)CN1CCN(S(=O)(=O)N(C)Cc2ccccc2)CC1CCO. The van der Waals surface area contributed by atoms with Crippen molar-refractivity contribution in [2.24, 2.45) is 5.92 Å². The van der Waals surface area contributed by atoms with Gasteiger partial charge in [-0.1, -0.05) is 44.2 Å². The fourth-order valence-electron chi connectivity index (χ4n) is 3.33. The molecule has 0 aliphatic carbocycles. The van der Waals surface area contributed by atoms with Crippen molar-refractivity contribution in [3.8, 4) is 0 Å². The monoisotopic (exact) mass is 369 g/mol. The van der Waals surface area contributed by atoms with E-state index in [1.54, 1.807) is 11.4 Å². The largest absolute Gasteiger partial charge is 0.396 e. The number of nitrogens with zero attached hydrogens (tertiary/aromatic N) is 3. The molecule has 1 aliphatic heterocycles. The van der Waals surface area contributed by atoms with Crippen molar-refractivity contribution in [3.05, 3.63) is 35.9 Å². The van der Waals surface area contributed by atoms with Gasteiger partial charge < -0.3 is 5.11 Å². The predicted octanol–water partition coefficient (Wildman–Crippen LogP) is 1.39. The fourth-order valence-corrected chi connectivity index (χ4v) is 4.70. The van der Waals surface area contributed by atoms with Gasteiger partial charge in [-0.05, 0) is 17.9 Å². The van der Waals surface area contributed by atoms with Crippen LogP contribution in [0.25, 0.3) is 0 Å². The van der Waals surface area contributed by atoms with Crippen LogP contribution in [0, 0.1) is 5.92 Å². The van der Waals surface area contributed by atoms with Crippen LogP contribution in [0.1, 0.15) is 25.8 Å². The first-order valence-electron chi connectivity index (χ1n) is 8.94. The van der Waals surface area contributed by atoms with E-state index >= 15 is 0 Å². The van der Waals surface area contributed by atoms with Crippen molar-refractivity contribution in [2.75, 3.05) is 39.8 Å². The molecule has 142 valence electrons. The Morgan fingerprint density at radius 3 is 2.52 bits per heavy atom. The Bertz CT molecular complexity index is 622. The van der Waals surface area contributed by atoms with E-state index in [0.29, 0.717) is 38.5 Å². The Hall–Kier alpha value is -0.990. The summed E-state index contributed by atoms with van der Waals surface area (Å²) in [7, 11) is -1.88. The molecule has 1 fully saturated rings. The summed E-state index contributed by atoms with van der Waals surface area (Å²) in [5, 5.41) is 9.36. The predicted molar refractivity (Wildman–Crippen MR) is 100 cm³/mol. The van der Waals surface area contributed by atoms with Crippen molar-refractivity contribution in [1.82, 2.24) is 13.5 Å². The second-order valence-corrected chi connectivity index (χ2v) is 9.20. The van der Waals surface area contributed by atoms with Gasteiger partial charge in [0.25, 0.3) is 10.2 Å². The highest BCUT2D eigenvalue weighted by atomic mass is 32.2. The fraction of sp³-hybridized carbons (Fsp3) is 0.667. The van der Waals surface area contributed by atoms with Crippen LogP contribution in [0.4, 0.5) is 0 Å². The minimum atomic E-state index is -3.50. The van der Waals surface area contributed by atoms with Gasteiger partial charge in [-0.2, -0.15) is 17.0 Å². The lowest BCUT2D eigenvalue weighted by Gasteiger charge is -2.42. The molecule has 6 nitrogen and oxygen atoms in total. The van der Waals surface area contributed by atoms with Crippen LogP contribution in [-0.2, 0) is 16.8 Å². The minimum absolute atomic E-state index is 0.0704. The molecular formula is C18H31N3O3S. The minimum Gasteiger partial charge on any atom is -0.396 e. The summed E-state index contributed by atoms with van der Waals surface area (Å²) in [5.41, 5.74) is 0.971. The molecule has 0 spiro atoms. The van der Waals surface area contributed by atoms with Crippen molar-refractivity contribution >= 4 is 10.2 Å². The van der Waals surface area contributed by atoms with Gasteiger partial charge in [-0.3, -0.25) is 4.90 Å². The zero-order chi connectivity index (χ0) is 18.4. The van der Waals surface area contributed by atoms with Crippen LogP contribution in [0.15, 0.2) is 30.3 Å². The topological polar surface area (TPSA) is 64.1 Å². The summed E-state index contributed by atoms with van der Waals surface area (Å²) in [6.45, 7) is 7.33. The Labute approximate surface area is 152 Å². The average Bonchev–Trinajstić information content (AvgIpc) is 2.57. The van der Waals surface area contributed by atoms with Crippen LogP contribution >= 0.6 is 0 Å². The zero-order valence-corrected chi connectivity index (χ0v) is 16.3. The summed E-state index contributed by atoms with van der Waals surface area (Å²) in [5.74, 6) is 0.519. The first-order valence-corrected chi connectivity index (χ1v) is 10.3. The number of piperazine rings is 1. The molecule has 1 N–H and O–H groups in total. The lowest BCUT2D eigenvalue weighted by atomic mass is 10.1. The molecule has 0 radical (unpaired) electrons. The lowest BCUT2D eigenvalue weighted by Crippen LogP contribution is -2.57.